The normalized spacial score (nSPS) is 13.2. The van der Waals surface area contributed by atoms with Crippen LogP contribution >= 0.6 is 12.4 Å². The van der Waals surface area contributed by atoms with E-state index >= 15 is 0 Å². The second kappa shape index (κ2) is 7.14. The van der Waals surface area contributed by atoms with Gasteiger partial charge in [-0.1, -0.05) is 6.92 Å². The highest BCUT2D eigenvalue weighted by atomic mass is 35.5. The first-order valence-electron chi connectivity index (χ1n) is 5.25. The van der Waals surface area contributed by atoms with E-state index in [9.17, 15) is 4.79 Å². The Morgan fingerprint density at radius 1 is 1.29 bits per heavy atom. The molecule has 0 saturated carbocycles. The molecule has 96 valence electrons. The van der Waals surface area contributed by atoms with Crippen molar-refractivity contribution in [1.29, 1.82) is 0 Å². The van der Waals surface area contributed by atoms with Crippen LogP contribution in [-0.4, -0.2) is 19.1 Å². The van der Waals surface area contributed by atoms with Crippen molar-refractivity contribution in [3.63, 3.8) is 0 Å². The van der Waals surface area contributed by atoms with Crippen LogP contribution in [0.15, 0.2) is 24.3 Å². The largest absolute Gasteiger partial charge is 0.497 e. The van der Waals surface area contributed by atoms with Crippen molar-refractivity contribution in [2.45, 2.75) is 19.9 Å². The molecule has 0 fully saturated rings. The molecule has 4 nitrogen and oxygen atoms in total. The lowest BCUT2D eigenvalue weighted by Crippen LogP contribution is -2.34. The van der Waals surface area contributed by atoms with Crippen molar-refractivity contribution in [2.24, 2.45) is 11.7 Å². The number of methoxy groups -OCH3 is 1. The minimum Gasteiger partial charge on any atom is -0.497 e. The molecule has 1 rings (SSSR count). The average molecular weight is 259 g/mol. The maximum Gasteiger partial charge on any atom is 0.228 e. The average Bonchev–Trinajstić information content (AvgIpc) is 2.28. The number of rotatable bonds is 4. The van der Waals surface area contributed by atoms with Gasteiger partial charge in [-0.25, -0.2) is 0 Å². The molecule has 0 bridgehead atoms. The Morgan fingerprint density at radius 2 is 1.82 bits per heavy atom. The van der Waals surface area contributed by atoms with Crippen LogP contribution in [0.25, 0.3) is 0 Å². The summed E-state index contributed by atoms with van der Waals surface area (Å²) < 4.78 is 5.03. The van der Waals surface area contributed by atoms with Crippen LogP contribution in [0.4, 0.5) is 5.69 Å². The van der Waals surface area contributed by atoms with E-state index in [4.69, 9.17) is 10.5 Å². The van der Waals surface area contributed by atoms with E-state index in [0.29, 0.717) is 0 Å². The zero-order valence-corrected chi connectivity index (χ0v) is 11.1. The molecule has 0 aliphatic rings. The molecule has 0 heterocycles. The second-order valence-corrected chi connectivity index (χ2v) is 3.87. The van der Waals surface area contributed by atoms with E-state index in [1.807, 2.05) is 13.8 Å². The Balaban J connectivity index is 0.00000256. The lowest BCUT2D eigenvalue weighted by atomic mass is 10.0. The van der Waals surface area contributed by atoms with Gasteiger partial charge in [0.1, 0.15) is 5.75 Å². The Morgan fingerprint density at radius 3 is 2.24 bits per heavy atom. The third kappa shape index (κ3) is 4.63. The molecule has 2 atom stereocenters. The van der Waals surface area contributed by atoms with Gasteiger partial charge in [0.15, 0.2) is 0 Å². The van der Waals surface area contributed by atoms with Gasteiger partial charge in [-0.05, 0) is 31.2 Å². The minimum atomic E-state index is -0.206. The number of nitrogens with two attached hydrogens (primary N) is 1. The quantitative estimate of drug-likeness (QED) is 0.869. The van der Waals surface area contributed by atoms with Crippen molar-refractivity contribution >= 4 is 24.0 Å². The summed E-state index contributed by atoms with van der Waals surface area (Å²) >= 11 is 0. The van der Waals surface area contributed by atoms with E-state index in [0.717, 1.165) is 11.4 Å². The molecule has 1 aromatic rings. The number of benzene rings is 1. The highest BCUT2D eigenvalue weighted by Gasteiger charge is 2.16. The summed E-state index contributed by atoms with van der Waals surface area (Å²) in [6, 6.07) is 7.03. The fourth-order valence-corrected chi connectivity index (χ4v) is 1.17. The highest BCUT2D eigenvalue weighted by molar-refractivity contribution is 5.92. The summed E-state index contributed by atoms with van der Waals surface area (Å²) in [6.07, 6.45) is 0. The van der Waals surface area contributed by atoms with Gasteiger partial charge in [-0.2, -0.15) is 0 Å². The third-order valence-electron chi connectivity index (χ3n) is 2.56. The smallest absolute Gasteiger partial charge is 0.228 e. The Bertz CT molecular complexity index is 352. The Kier molecular flexibility index (Phi) is 6.61. The molecule has 1 amide bonds. The first-order valence-corrected chi connectivity index (χ1v) is 5.25. The van der Waals surface area contributed by atoms with Crippen molar-refractivity contribution < 1.29 is 9.53 Å². The second-order valence-electron chi connectivity index (χ2n) is 3.87. The number of halogens is 1. The van der Waals surface area contributed by atoms with Gasteiger partial charge < -0.3 is 15.8 Å². The number of carbonyl (C=O) groups excluding carboxylic acids is 1. The van der Waals surface area contributed by atoms with Gasteiger partial charge >= 0.3 is 0 Å². The summed E-state index contributed by atoms with van der Waals surface area (Å²) in [5.74, 6) is 0.487. The zero-order valence-electron chi connectivity index (χ0n) is 10.3. The molecule has 0 spiro atoms. The summed E-state index contributed by atoms with van der Waals surface area (Å²) in [5, 5.41) is 2.80. The summed E-state index contributed by atoms with van der Waals surface area (Å²) in [6.45, 7) is 3.63. The summed E-state index contributed by atoms with van der Waals surface area (Å²) in [7, 11) is 1.60. The number of amides is 1. The Labute approximate surface area is 108 Å². The van der Waals surface area contributed by atoms with Crippen LogP contribution in [0.2, 0.25) is 0 Å². The number of ether oxygens (including phenoxy) is 1. The lowest BCUT2D eigenvalue weighted by Gasteiger charge is -2.15. The maximum absolute atomic E-state index is 11.7. The lowest BCUT2D eigenvalue weighted by molar-refractivity contribution is -0.119. The van der Waals surface area contributed by atoms with Crippen LogP contribution in [0.1, 0.15) is 13.8 Å². The van der Waals surface area contributed by atoms with E-state index in [1.165, 1.54) is 0 Å². The van der Waals surface area contributed by atoms with E-state index in [2.05, 4.69) is 5.32 Å². The maximum atomic E-state index is 11.7. The monoisotopic (exact) mass is 258 g/mol. The number of hydrogen-bond donors (Lipinski definition) is 2. The predicted molar refractivity (Wildman–Crippen MR) is 71.7 cm³/mol. The first kappa shape index (κ1) is 15.7. The molecular formula is C12H19ClN2O2. The van der Waals surface area contributed by atoms with Gasteiger partial charge in [0.25, 0.3) is 0 Å². The van der Waals surface area contributed by atoms with Gasteiger partial charge in [-0.15, -0.1) is 12.4 Å². The SMILES string of the molecule is COc1ccc(NC(=O)C(C)C(C)N)cc1.Cl. The summed E-state index contributed by atoms with van der Waals surface area (Å²) in [5.41, 5.74) is 6.40. The molecule has 3 N–H and O–H groups in total. The number of hydrogen-bond acceptors (Lipinski definition) is 3. The molecule has 0 aliphatic heterocycles. The van der Waals surface area contributed by atoms with Crippen LogP contribution in [0.5, 0.6) is 5.75 Å². The predicted octanol–water partition coefficient (Wildman–Crippen LogP) is 2.04. The topological polar surface area (TPSA) is 64.3 Å². The molecule has 5 heteroatoms. The third-order valence-corrected chi connectivity index (χ3v) is 2.56. The van der Waals surface area contributed by atoms with Crippen molar-refractivity contribution in [1.82, 2.24) is 0 Å². The van der Waals surface area contributed by atoms with Gasteiger partial charge in [0.2, 0.25) is 5.91 Å². The van der Waals surface area contributed by atoms with E-state index in [-0.39, 0.29) is 30.3 Å². The molecule has 0 aliphatic carbocycles. The Hall–Kier alpha value is -1.26. The fraction of sp³-hybridized carbons (Fsp3) is 0.417. The van der Waals surface area contributed by atoms with Crippen molar-refractivity contribution in [3.05, 3.63) is 24.3 Å². The molecule has 0 aromatic heterocycles. The van der Waals surface area contributed by atoms with E-state index < -0.39 is 0 Å². The van der Waals surface area contributed by atoms with Crippen LogP contribution < -0.4 is 15.8 Å². The van der Waals surface area contributed by atoms with Crippen molar-refractivity contribution in [3.8, 4) is 5.75 Å². The first-order chi connectivity index (χ1) is 7.54. The van der Waals surface area contributed by atoms with Crippen molar-refractivity contribution in [2.75, 3.05) is 12.4 Å². The standard InChI is InChI=1S/C12H18N2O2.ClH/c1-8(9(2)13)12(15)14-10-4-6-11(16-3)7-5-10;/h4-9H,13H2,1-3H3,(H,14,15);1H. The zero-order chi connectivity index (χ0) is 12.1. The molecule has 2 unspecified atom stereocenters. The van der Waals surface area contributed by atoms with Gasteiger partial charge in [0.05, 0.1) is 13.0 Å². The van der Waals surface area contributed by atoms with Gasteiger partial charge in [-0.3, -0.25) is 4.79 Å². The van der Waals surface area contributed by atoms with Crippen LogP contribution in [0, 0.1) is 5.92 Å². The highest BCUT2D eigenvalue weighted by Crippen LogP contribution is 2.16. The molecule has 0 saturated heterocycles. The molecular weight excluding hydrogens is 240 g/mol. The molecule has 0 radical (unpaired) electrons. The number of anilines is 1. The molecule has 17 heavy (non-hydrogen) atoms. The van der Waals surface area contributed by atoms with E-state index in [1.54, 1.807) is 31.4 Å². The van der Waals surface area contributed by atoms with Crippen LogP contribution in [0.3, 0.4) is 0 Å². The number of carbonyl (C=O) groups is 1. The molecule has 1 aromatic carbocycles. The fourth-order valence-electron chi connectivity index (χ4n) is 1.17. The summed E-state index contributed by atoms with van der Waals surface area (Å²) in [4.78, 5) is 11.7. The number of nitrogens with one attached hydrogen (secondary N) is 1. The van der Waals surface area contributed by atoms with Crippen LogP contribution in [-0.2, 0) is 4.79 Å². The minimum absolute atomic E-state index is 0. The van der Waals surface area contributed by atoms with Gasteiger partial charge in [0, 0.05) is 11.7 Å².